The van der Waals surface area contributed by atoms with Crippen LogP contribution in [0.2, 0.25) is 0 Å². The summed E-state index contributed by atoms with van der Waals surface area (Å²) < 4.78 is 40.9. The molecule has 2 rings (SSSR count). The van der Waals surface area contributed by atoms with Crippen LogP contribution in [0.4, 0.5) is 24.5 Å². The van der Waals surface area contributed by atoms with Crippen LogP contribution in [-0.2, 0) is 0 Å². The number of nitrogens with one attached hydrogen (secondary N) is 2. The first kappa shape index (κ1) is 14.9. The molecule has 0 aliphatic rings. The van der Waals surface area contributed by atoms with Crippen LogP contribution in [0.5, 0.6) is 0 Å². The van der Waals surface area contributed by atoms with Crippen LogP contribution < -0.4 is 10.8 Å². The molecular weight excluding hydrogens is 285 g/mol. The molecule has 2 aromatic rings. The molecule has 0 fully saturated rings. The molecule has 0 atom stereocenters. The highest BCUT2D eigenvalue weighted by atomic mass is 19.2. The zero-order valence-corrected chi connectivity index (χ0v) is 10.9. The molecule has 0 saturated carbocycles. The number of rotatable bonds is 3. The van der Waals surface area contributed by atoms with Crippen LogP contribution in [0.25, 0.3) is 0 Å². The highest BCUT2D eigenvalue weighted by Gasteiger charge is 2.19. The first-order valence-corrected chi connectivity index (χ1v) is 5.89. The minimum absolute atomic E-state index is 0.128. The quantitative estimate of drug-likeness (QED) is 0.602. The Hall–Kier alpha value is -2.54. The summed E-state index contributed by atoms with van der Waals surface area (Å²) in [6.45, 7) is 1.67. The Morgan fingerprint density at radius 3 is 2.43 bits per heavy atom. The zero-order chi connectivity index (χ0) is 15.6. The maximum absolute atomic E-state index is 13.8. The van der Waals surface area contributed by atoms with E-state index in [1.165, 1.54) is 17.6 Å². The fraction of sp³-hybridized carbons (Fsp3) is 0.0714. The van der Waals surface area contributed by atoms with Gasteiger partial charge in [-0.1, -0.05) is 6.07 Å². The highest BCUT2D eigenvalue weighted by molar-refractivity contribution is 5.99. The summed E-state index contributed by atoms with van der Waals surface area (Å²) in [5.74, 6) is -4.30. The van der Waals surface area contributed by atoms with Crippen molar-refractivity contribution in [1.82, 2.24) is 5.48 Å². The van der Waals surface area contributed by atoms with Crippen molar-refractivity contribution in [3.05, 3.63) is 58.9 Å². The van der Waals surface area contributed by atoms with Gasteiger partial charge in [-0.3, -0.25) is 10.0 Å². The van der Waals surface area contributed by atoms with Crippen molar-refractivity contribution < 1.29 is 23.2 Å². The van der Waals surface area contributed by atoms with E-state index in [1.54, 1.807) is 13.0 Å². The Balaban J connectivity index is 2.51. The first-order valence-electron chi connectivity index (χ1n) is 5.89. The third-order valence-electron chi connectivity index (χ3n) is 2.83. The number of benzene rings is 2. The number of hydroxylamine groups is 1. The number of halogens is 3. The summed E-state index contributed by atoms with van der Waals surface area (Å²) in [6, 6.07) is 5.80. The van der Waals surface area contributed by atoms with E-state index < -0.39 is 29.0 Å². The van der Waals surface area contributed by atoms with Crippen molar-refractivity contribution >= 4 is 17.3 Å². The van der Waals surface area contributed by atoms with Crippen LogP contribution in [0.3, 0.4) is 0 Å². The molecule has 110 valence electrons. The van der Waals surface area contributed by atoms with Crippen LogP contribution in [0, 0.1) is 24.4 Å². The molecule has 2 aromatic carbocycles. The van der Waals surface area contributed by atoms with Crippen LogP contribution in [-0.4, -0.2) is 11.1 Å². The normalized spacial score (nSPS) is 10.3. The molecule has 7 heteroatoms. The molecule has 1 amide bonds. The predicted molar refractivity (Wildman–Crippen MR) is 70.0 cm³/mol. The number of hydrogen-bond donors (Lipinski definition) is 3. The van der Waals surface area contributed by atoms with Gasteiger partial charge in [-0.2, -0.15) is 0 Å². The van der Waals surface area contributed by atoms with Crippen LogP contribution in [0.1, 0.15) is 15.9 Å². The Labute approximate surface area is 118 Å². The lowest BCUT2D eigenvalue weighted by atomic mass is 10.1. The average Bonchev–Trinajstić information content (AvgIpc) is 2.45. The van der Waals surface area contributed by atoms with E-state index in [0.29, 0.717) is 5.56 Å². The lowest BCUT2D eigenvalue weighted by Gasteiger charge is -2.13. The van der Waals surface area contributed by atoms with E-state index in [2.05, 4.69) is 5.32 Å². The smallest absolute Gasteiger partial charge is 0.276 e. The predicted octanol–water partition coefficient (Wildman–Crippen LogP) is 3.27. The third kappa shape index (κ3) is 2.97. The van der Waals surface area contributed by atoms with Gasteiger partial charge in [0.05, 0.1) is 16.9 Å². The van der Waals surface area contributed by atoms with Gasteiger partial charge in [0, 0.05) is 0 Å². The van der Waals surface area contributed by atoms with Gasteiger partial charge in [-0.25, -0.2) is 18.7 Å². The van der Waals surface area contributed by atoms with Crippen molar-refractivity contribution in [2.75, 3.05) is 5.32 Å². The molecule has 0 bridgehead atoms. The van der Waals surface area contributed by atoms with Gasteiger partial charge in [0.25, 0.3) is 5.91 Å². The van der Waals surface area contributed by atoms with Gasteiger partial charge in [0.1, 0.15) is 5.82 Å². The summed E-state index contributed by atoms with van der Waals surface area (Å²) in [5.41, 5.74) is 0.903. The minimum atomic E-state index is -1.35. The molecule has 0 saturated heterocycles. The Kier molecular flexibility index (Phi) is 4.13. The second-order valence-electron chi connectivity index (χ2n) is 4.33. The van der Waals surface area contributed by atoms with Gasteiger partial charge in [0.15, 0.2) is 11.6 Å². The van der Waals surface area contributed by atoms with Crippen molar-refractivity contribution in [2.45, 2.75) is 6.92 Å². The molecule has 0 aliphatic heterocycles. The lowest BCUT2D eigenvalue weighted by Crippen LogP contribution is -2.20. The number of carbonyl (C=O) groups excluding carboxylic acids is 1. The van der Waals surface area contributed by atoms with E-state index >= 15 is 0 Å². The second-order valence-corrected chi connectivity index (χ2v) is 4.33. The Bertz CT molecular complexity index is 705. The van der Waals surface area contributed by atoms with Crippen LogP contribution >= 0.6 is 0 Å². The van der Waals surface area contributed by atoms with E-state index in [9.17, 15) is 18.0 Å². The summed E-state index contributed by atoms with van der Waals surface area (Å²) in [7, 11) is 0. The second kappa shape index (κ2) is 5.84. The highest BCUT2D eigenvalue weighted by Crippen LogP contribution is 2.28. The molecule has 3 N–H and O–H groups in total. The lowest BCUT2D eigenvalue weighted by molar-refractivity contribution is 0.0707. The largest absolute Gasteiger partial charge is 0.350 e. The SMILES string of the molecule is Cc1ccc(Nc2c(C(=O)NO)ccc(F)c2F)c(F)c1. The molecule has 0 aliphatic carbocycles. The number of carbonyl (C=O) groups is 1. The first-order chi connectivity index (χ1) is 9.93. The molecule has 21 heavy (non-hydrogen) atoms. The molecule has 0 aromatic heterocycles. The van der Waals surface area contributed by atoms with Crippen molar-refractivity contribution in [1.29, 1.82) is 0 Å². The van der Waals surface area contributed by atoms with Crippen LogP contribution in [0.15, 0.2) is 30.3 Å². The summed E-state index contributed by atoms with van der Waals surface area (Å²) >= 11 is 0. The number of aryl methyl sites for hydroxylation is 1. The molecule has 0 spiro atoms. The van der Waals surface area contributed by atoms with Crippen molar-refractivity contribution in [3.63, 3.8) is 0 Å². The average molecular weight is 296 g/mol. The van der Waals surface area contributed by atoms with E-state index in [1.807, 2.05) is 0 Å². The van der Waals surface area contributed by atoms with E-state index in [-0.39, 0.29) is 11.3 Å². The van der Waals surface area contributed by atoms with Gasteiger partial charge in [-0.15, -0.1) is 0 Å². The van der Waals surface area contributed by atoms with Gasteiger partial charge >= 0.3 is 0 Å². The fourth-order valence-corrected chi connectivity index (χ4v) is 1.78. The molecule has 4 nitrogen and oxygen atoms in total. The van der Waals surface area contributed by atoms with Gasteiger partial charge in [0.2, 0.25) is 0 Å². The fourth-order valence-electron chi connectivity index (χ4n) is 1.78. The number of anilines is 2. The summed E-state index contributed by atoms with van der Waals surface area (Å²) in [4.78, 5) is 11.4. The molecular formula is C14H11F3N2O2. The van der Waals surface area contributed by atoms with Crippen molar-refractivity contribution in [3.8, 4) is 0 Å². The molecule has 0 heterocycles. The monoisotopic (exact) mass is 296 g/mol. The third-order valence-corrected chi connectivity index (χ3v) is 2.83. The molecule has 0 radical (unpaired) electrons. The molecule has 0 unspecified atom stereocenters. The maximum Gasteiger partial charge on any atom is 0.276 e. The minimum Gasteiger partial charge on any atom is -0.350 e. The maximum atomic E-state index is 13.8. The van der Waals surface area contributed by atoms with E-state index in [4.69, 9.17) is 5.21 Å². The number of hydrogen-bond acceptors (Lipinski definition) is 3. The zero-order valence-electron chi connectivity index (χ0n) is 10.9. The van der Waals surface area contributed by atoms with Gasteiger partial charge in [-0.05, 0) is 36.8 Å². The Morgan fingerprint density at radius 2 is 1.81 bits per heavy atom. The Morgan fingerprint density at radius 1 is 1.10 bits per heavy atom. The van der Waals surface area contributed by atoms with E-state index in [0.717, 1.165) is 12.1 Å². The number of amides is 1. The standard InChI is InChI=1S/C14H11F3N2O2/c1-7-2-5-11(10(16)6-7)18-13-8(14(20)19-21)3-4-9(15)12(13)17/h2-6,18,21H,1H3,(H,19,20). The topological polar surface area (TPSA) is 61.4 Å². The van der Waals surface area contributed by atoms with Crippen molar-refractivity contribution in [2.24, 2.45) is 0 Å². The van der Waals surface area contributed by atoms with Gasteiger partial charge < -0.3 is 5.32 Å². The summed E-state index contributed by atoms with van der Waals surface area (Å²) in [5, 5.41) is 10.9. The summed E-state index contributed by atoms with van der Waals surface area (Å²) in [6.07, 6.45) is 0.